The molecule has 0 saturated heterocycles. The van der Waals surface area contributed by atoms with Gasteiger partial charge in [0.15, 0.2) is 0 Å². The minimum Gasteiger partial charge on any atom is -0.380 e. The second-order valence-electron chi connectivity index (χ2n) is 4.22. The fraction of sp³-hybridized carbons (Fsp3) is 0.200. The molecule has 1 unspecified atom stereocenters. The van der Waals surface area contributed by atoms with Crippen LogP contribution in [0.25, 0.3) is 5.57 Å². The quantitative estimate of drug-likeness (QED) is 0.745. The van der Waals surface area contributed by atoms with E-state index in [1.54, 1.807) is 0 Å². The average molecular weight is 212 g/mol. The molecule has 0 aromatic heterocycles. The van der Waals surface area contributed by atoms with Crippen molar-refractivity contribution >= 4 is 5.57 Å². The third kappa shape index (κ3) is 1.74. The van der Waals surface area contributed by atoms with E-state index in [0.29, 0.717) is 6.42 Å². The van der Waals surface area contributed by atoms with Crippen LogP contribution in [0.2, 0.25) is 0 Å². The monoisotopic (exact) mass is 212 g/mol. The topological polar surface area (TPSA) is 20.2 Å². The molecule has 82 valence electrons. The van der Waals surface area contributed by atoms with Gasteiger partial charge in [-0.25, -0.2) is 0 Å². The first-order chi connectivity index (χ1) is 7.64. The molecule has 0 saturated carbocycles. The van der Waals surface area contributed by atoms with Crippen LogP contribution in [-0.4, -0.2) is 10.7 Å². The van der Waals surface area contributed by atoms with Crippen LogP contribution in [0, 0.1) is 0 Å². The zero-order valence-electron chi connectivity index (χ0n) is 9.48. The molecule has 0 amide bonds. The Hall–Kier alpha value is -1.60. The molecule has 0 bridgehead atoms. The molecule has 1 aromatic rings. The Bertz CT molecular complexity index is 454. The SMILES string of the molecule is C=C(C)C1(O)CC=CC=C1c1ccccc1. The molecule has 1 N–H and O–H groups in total. The van der Waals surface area contributed by atoms with Gasteiger partial charge in [-0.1, -0.05) is 55.1 Å². The average Bonchev–Trinajstić information content (AvgIpc) is 2.30. The second kappa shape index (κ2) is 4.11. The molecule has 0 fully saturated rings. The number of allylic oxidation sites excluding steroid dienone is 2. The summed E-state index contributed by atoms with van der Waals surface area (Å²) in [6, 6.07) is 9.96. The number of hydrogen-bond acceptors (Lipinski definition) is 1. The summed E-state index contributed by atoms with van der Waals surface area (Å²) in [4.78, 5) is 0. The van der Waals surface area contributed by atoms with Crippen LogP contribution in [0.4, 0.5) is 0 Å². The lowest BCUT2D eigenvalue weighted by Crippen LogP contribution is -2.32. The fourth-order valence-corrected chi connectivity index (χ4v) is 2.01. The van der Waals surface area contributed by atoms with Crippen molar-refractivity contribution in [1.29, 1.82) is 0 Å². The Morgan fingerprint density at radius 3 is 2.62 bits per heavy atom. The van der Waals surface area contributed by atoms with Gasteiger partial charge in [0.25, 0.3) is 0 Å². The first kappa shape index (κ1) is 10.9. The maximum atomic E-state index is 10.6. The first-order valence-corrected chi connectivity index (χ1v) is 5.45. The Kier molecular flexibility index (Phi) is 2.80. The Balaban J connectivity index is 2.49. The van der Waals surface area contributed by atoms with Crippen LogP contribution in [-0.2, 0) is 0 Å². The van der Waals surface area contributed by atoms with E-state index in [2.05, 4.69) is 6.58 Å². The van der Waals surface area contributed by atoms with E-state index in [-0.39, 0.29) is 0 Å². The molecule has 1 aliphatic carbocycles. The standard InChI is InChI=1S/C15H16O/c1-12(2)15(16)11-7-6-10-14(15)13-8-4-3-5-9-13/h3-10,16H,1,11H2,2H3. The van der Waals surface area contributed by atoms with Crippen LogP contribution >= 0.6 is 0 Å². The molecule has 1 nitrogen and oxygen atoms in total. The maximum Gasteiger partial charge on any atom is 0.114 e. The lowest BCUT2D eigenvalue weighted by Gasteiger charge is -2.32. The van der Waals surface area contributed by atoms with Gasteiger partial charge in [-0.2, -0.15) is 0 Å². The first-order valence-electron chi connectivity index (χ1n) is 5.45. The number of rotatable bonds is 2. The Morgan fingerprint density at radius 2 is 2.00 bits per heavy atom. The largest absolute Gasteiger partial charge is 0.380 e. The van der Waals surface area contributed by atoms with Gasteiger partial charge in [0, 0.05) is 6.42 Å². The summed E-state index contributed by atoms with van der Waals surface area (Å²) < 4.78 is 0. The predicted octanol–water partition coefficient (Wildman–Crippen LogP) is 3.34. The fourth-order valence-electron chi connectivity index (χ4n) is 2.01. The summed E-state index contributed by atoms with van der Waals surface area (Å²) in [5.41, 5.74) is 1.85. The van der Waals surface area contributed by atoms with Gasteiger partial charge in [0.2, 0.25) is 0 Å². The molecular weight excluding hydrogens is 196 g/mol. The normalized spacial score (nSPS) is 24.0. The number of aliphatic hydroxyl groups is 1. The van der Waals surface area contributed by atoms with Crippen molar-refractivity contribution in [1.82, 2.24) is 0 Å². The van der Waals surface area contributed by atoms with Gasteiger partial charge in [-0.15, -0.1) is 0 Å². The maximum absolute atomic E-state index is 10.6. The minimum absolute atomic E-state index is 0.600. The summed E-state index contributed by atoms with van der Waals surface area (Å²) in [7, 11) is 0. The number of hydrogen-bond donors (Lipinski definition) is 1. The summed E-state index contributed by atoms with van der Waals surface area (Å²) >= 11 is 0. The smallest absolute Gasteiger partial charge is 0.114 e. The van der Waals surface area contributed by atoms with Crippen molar-refractivity contribution in [3.63, 3.8) is 0 Å². The van der Waals surface area contributed by atoms with E-state index in [9.17, 15) is 5.11 Å². The molecule has 0 spiro atoms. The molecular formula is C15H16O. The second-order valence-corrected chi connectivity index (χ2v) is 4.22. The van der Waals surface area contributed by atoms with Crippen molar-refractivity contribution in [3.05, 3.63) is 66.3 Å². The zero-order chi connectivity index (χ0) is 11.6. The molecule has 0 radical (unpaired) electrons. The molecule has 1 aliphatic rings. The van der Waals surface area contributed by atoms with Gasteiger partial charge in [0.05, 0.1) is 0 Å². The van der Waals surface area contributed by atoms with Crippen molar-refractivity contribution < 1.29 is 5.11 Å². The van der Waals surface area contributed by atoms with Crippen molar-refractivity contribution in [3.8, 4) is 0 Å². The van der Waals surface area contributed by atoms with Gasteiger partial charge in [-0.3, -0.25) is 0 Å². The van der Waals surface area contributed by atoms with E-state index in [4.69, 9.17) is 0 Å². The van der Waals surface area contributed by atoms with Crippen molar-refractivity contribution in [2.45, 2.75) is 18.9 Å². The lowest BCUT2D eigenvalue weighted by molar-refractivity contribution is 0.143. The summed E-state index contributed by atoms with van der Waals surface area (Å²) in [6.45, 7) is 5.77. The van der Waals surface area contributed by atoms with E-state index >= 15 is 0 Å². The van der Waals surface area contributed by atoms with E-state index in [0.717, 1.165) is 16.7 Å². The molecule has 16 heavy (non-hydrogen) atoms. The molecule has 1 aromatic carbocycles. The van der Waals surface area contributed by atoms with Gasteiger partial charge < -0.3 is 5.11 Å². The number of benzene rings is 1. The Morgan fingerprint density at radius 1 is 1.31 bits per heavy atom. The van der Waals surface area contributed by atoms with Crippen LogP contribution in [0.15, 0.2) is 60.7 Å². The molecule has 0 aliphatic heterocycles. The van der Waals surface area contributed by atoms with Gasteiger partial charge >= 0.3 is 0 Å². The van der Waals surface area contributed by atoms with Crippen LogP contribution < -0.4 is 0 Å². The predicted molar refractivity (Wildman–Crippen MR) is 67.9 cm³/mol. The van der Waals surface area contributed by atoms with E-state index < -0.39 is 5.60 Å². The summed E-state index contributed by atoms with van der Waals surface area (Å²) in [5, 5.41) is 10.6. The zero-order valence-corrected chi connectivity index (χ0v) is 9.48. The molecule has 2 rings (SSSR count). The minimum atomic E-state index is -0.921. The van der Waals surface area contributed by atoms with Crippen LogP contribution in [0.5, 0.6) is 0 Å². The van der Waals surface area contributed by atoms with Crippen LogP contribution in [0.3, 0.4) is 0 Å². The van der Waals surface area contributed by atoms with Gasteiger partial charge in [-0.05, 0) is 23.6 Å². The van der Waals surface area contributed by atoms with Crippen LogP contribution in [0.1, 0.15) is 18.9 Å². The van der Waals surface area contributed by atoms with E-state index in [1.165, 1.54) is 0 Å². The lowest BCUT2D eigenvalue weighted by atomic mass is 9.78. The highest BCUT2D eigenvalue weighted by atomic mass is 16.3. The molecule has 1 heteroatoms. The molecule has 0 heterocycles. The third-order valence-electron chi connectivity index (χ3n) is 3.05. The molecule has 1 atom stereocenters. The van der Waals surface area contributed by atoms with Crippen molar-refractivity contribution in [2.75, 3.05) is 0 Å². The summed E-state index contributed by atoms with van der Waals surface area (Å²) in [6.07, 6.45) is 6.53. The third-order valence-corrected chi connectivity index (χ3v) is 3.05. The highest BCUT2D eigenvalue weighted by molar-refractivity contribution is 5.77. The van der Waals surface area contributed by atoms with Gasteiger partial charge in [0.1, 0.15) is 5.60 Å². The highest BCUT2D eigenvalue weighted by Crippen LogP contribution is 2.37. The summed E-state index contributed by atoms with van der Waals surface area (Å²) in [5.74, 6) is 0. The van der Waals surface area contributed by atoms with Crippen molar-refractivity contribution in [2.24, 2.45) is 0 Å². The van der Waals surface area contributed by atoms with E-state index in [1.807, 2.05) is 55.5 Å². The highest BCUT2D eigenvalue weighted by Gasteiger charge is 2.33. The Labute approximate surface area is 96.4 Å².